The Bertz CT molecular complexity index is 1780. The molecule has 47 heavy (non-hydrogen) atoms. The number of ether oxygens (including phenoxy) is 2. The predicted molar refractivity (Wildman–Crippen MR) is 181 cm³/mol. The first-order valence-electron chi connectivity index (χ1n) is 15.9. The molecule has 246 valence electrons. The number of hydrogen-bond acceptors (Lipinski definition) is 11. The SMILES string of the molecule is COc1cc(Cc2cnc(N)nc2N)cc(C(=O)C=CN2CCc3ccccc3C2c2cc(CN3CCN(C)CC3)n(C)n2)c1OC. The van der Waals surface area contributed by atoms with Crippen LogP contribution in [-0.4, -0.2) is 94.2 Å². The highest BCUT2D eigenvalue weighted by atomic mass is 16.5. The number of hydrogen-bond donors (Lipinski definition) is 2. The first-order chi connectivity index (χ1) is 22.7. The van der Waals surface area contributed by atoms with Crippen LogP contribution >= 0.6 is 0 Å². The fourth-order valence-corrected chi connectivity index (χ4v) is 6.47. The predicted octanol–water partition coefficient (Wildman–Crippen LogP) is 3.07. The molecule has 2 aliphatic heterocycles. The van der Waals surface area contributed by atoms with Crippen molar-refractivity contribution in [2.75, 3.05) is 65.5 Å². The number of nitrogens with two attached hydrogens (primary N) is 2. The number of carbonyl (C=O) groups excluding carboxylic acids is 1. The van der Waals surface area contributed by atoms with Crippen LogP contribution in [-0.2, 0) is 26.4 Å². The van der Waals surface area contributed by atoms with Gasteiger partial charge in [0.25, 0.3) is 0 Å². The number of anilines is 2. The Labute approximate surface area is 275 Å². The van der Waals surface area contributed by atoms with Crippen LogP contribution in [0.2, 0.25) is 0 Å². The molecule has 1 unspecified atom stereocenters. The van der Waals surface area contributed by atoms with Gasteiger partial charge in [0.15, 0.2) is 17.3 Å². The fourth-order valence-electron chi connectivity index (χ4n) is 6.47. The van der Waals surface area contributed by atoms with Gasteiger partial charge in [-0.2, -0.15) is 10.1 Å². The van der Waals surface area contributed by atoms with E-state index in [4.69, 9.17) is 26.0 Å². The molecule has 4 N–H and O–H groups in total. The Balaban J connectivity index is 1.29. The van der Waals surface area contributed by atoms with E-state index < -0.39 is 0 Å². The Morgan fingerprint density at radius 1 is 1.02 bits per heavy atom. The summed E-state index contributed by atoms with van der Waals surface area (Å²) in [4.78, 5) is 29.1. The van der Waals surface area contributed by atoms with Crippen molar-refractivity contribution in [3.8, 4) is 11.5 Å². The van der Waals surface area contributed by atoms with Gasteiger partial charge in [-0.15, -0.1) is 0 Å². The summed E-state index contributed by atoms with van der Waals surface area (Å²) in [5, 5.41) is 5.02. The number of aromatic nitrogens is 4. The van der Waals surface area contributed by atoms with Gasteiger partial charge in [-0.25, -0.2) is 4.98 Å². The molecule has 1 fully saturated rings. The van der Waals surface area contributed by atoms with Crippen molar-refractivity contribution in [3.63, 3.8) is 0 Å². The van der Waals surface area contributed by atoms with E-state index >= 15 is 0 Å². The summed E-state index contributed by atoms with van der Waals surface area (Å²) >= 11 is 0. The molecule has 2 aromatic carbocycles. The molecule has 12 nitrogen and oxygen atoms in total. The topological polar surface area (TPSA) is 141 Å². The van der Waals surface area contributed by atoms with Gasteiger partial charge in [0.05, 0.1) is 37.2 Å². The van der Waals surface area contributed by atoms with E-state index in [0.29, 0.717) is 29.0 Å². The minimum atomic E-state index is -0.210. The quantitative estimate of drug-likeness (QED) is 0.196. The number of carbonyl (C=O) groups is 1. The number of ketones is 1. The zero-order valence-corrected chi connectivity index (χ0v) is 27.5. The van der Waals surface area contributed by atoms with Crippen molar-refractivity contribution < 1.29 is 14.3 Å². The third kappa shape index (κ3) is 6.93. The molecule has 0 amide bonds. The van der Waals surface area contributed by atoms with Gasteiger partial charge in [-0.3, -0.25) is 14.4 Å². The highest BCUT2D eigenvalue weighted by Gasteiger charge is 2.30. The molecule has 6 rings (SSSR count). The molecule has 0 spiro atoms. The molecule has 4 heterocycles. The van der Waals surface area contributed by atoms with Gasteiger partial charge < -0.3 is 30.7 Å². The zero-order valence-electron chi connectivity index (χ0n) is 27.5. The summed E-state index contributed by atoms with van der Waals surface area (Å²) in [6, 6.07) is 14.2. The highest BCUT2D eigenvalue weighted by Crippen LogP contribution is 2.37. The Kier molecular flexibility index (Phi) is 9.41. The minimum Gasteiger partial charge on any atom is -0.493 e. The molecule has 0 aliphatic carbocycles. The average Bonchev–Trinajstić information content (AvgIpc) is 3.43. The lowest BCUT2D eigenvalue weighted by molar-refractivity contribution is 0.104. The largest absolute Gasteiger partial charge is 0.493 e. The molecule has 0 radical (unpaired) electrons. The zero-order chi connectivity index (χ0) is 33.1. The van der Waals surface area contributed by atoms with E-state index in [1.165, 1.54) is 23.9 Å². The summed E-state index contributed by atoms with van der Waals surface area (Å²) in [7, 11) is 7.27. The van der Waals surface area contributed by atoms with Crippen molar-refractivity contribution in [1.82, 2.24) is 34.4 Å². The summed E-state index contributed by atoms with van der Waals surface area (Å²) < 4.78 is 13.3. The van der Waals surface area contributed by atoms with Crippen LogP contribution in [0.1, 0.15) is 50.0 Å². The number of allylic oxidation sites excluding steroid dienone is 1. The number of fused-ring (bicyclic) bond motifs is 1. The minimum absolute atomic E-state index is 0.107. The average molecular weight is 638 g/mol. The normalized spacial score (nSPS) is 17.2. The summed E-state index contributed by atoms with van der Waals surface area (Å²) in [6.07, 6.45) is 6.35. The second-order valence-corrected chi connectivity index (χ2v) is 12.2. The molecule has 0 saturated carbocycles. The van der Waals surface area contributed by atoms with Crippen LogP contribution in [0.4, 0.5) is 11.8 Å². The van der Waals surface area contributed by atoms with Crippen molar-refractivity contribution in [2.45, 2.75) is 25.4 Å². The van der Waals surface area contributed by atoms with E-state index in [2.05, 4.69) is 62.0 Å². The van der Waals surface area contributed by atoms with E-state index in [1.54, 1.807) is 25.4 Å². The van der Waals surface area contributed by atoms with E-state index in [-0.39, 0.29) is 23.6 Å². The number of piperazine rings is 1. The molecule has 2 aliphatic rings. The fraction of sp³-hybridized carbons (Fsp3) is 0.371. The van der Waals surface area contributed by atoms with Crippen LogP contribution in [0.25, 0.3) is 0 Å². The first kappa shape index (κ1) is 32.0. The highest BCUT2D eigenvalue weighted by molar-refractivity contribution is 6.07. The van der Waals surface area contributed by atoms with Gasteiger partial charge in [0.2, 0.25) is 5.95 Å². The van der Waals surface area contributed by atoms with E-state index in [0.717, 1.165) is 56.9 Å². The van der Waals surface area contributed by atoms with Gasteiger partial charge in [0, 0.05) is 76.8 Å². The lowest BCUT2D eigenvalue weighted by atomic mass is 9.91. The summed E-state index contributed by atoms with van der Waals surface area (Å²) in [5.74, 6) is 1.000. The molecule has 4 aromatic rings. The standard InChI is InChI=1S/C35H43N9O3/c1-41-13-15-43(16-14-41)22-26-20-29(40-42(26)2)32-27-8-6-5-7-24(27)9-11-44(32)12-10-30(45)28-18-23(19-31(46-3)33(28)47-4)17-25-21-38-35(37)39-34(25)36/h5-8,10,12,18-21,32H,9,11,13-17,22H2,1-4H3,(H4,36,37,38,39). The number of methoxy groups -OCH3 is 2. The molecular weight excluding hydrogens is 594 g/mol. The molecule has 1 atom stereocenters. The second kappa shape index (κ2) is 13.8. The number of aryl methyl sites for hydroxylation is 1. The Hall–Kier alpha value is -4.94. The van der Waals surface area contributed by atoms with Gasteiger partial charge in [-0.05, 0) is 48.4 Å². The lowest BCUT2D eigenvalue weighted by Crippen LogP contribution is -2.44. The van der Waals surface area contributed by atoms with Crippen LogP contribution in [0.3, 0.4) is 0 Å². The third-order valence-electron chi connectivity index (χ3n) is 9.11. The monoisotopic (exact) mass is 637 g/mol. The maximum absolute atomic E-state index is 13.9. The first-order valence-corrected chi connectivity index (χ1v) is 15.9. The number of likely N-dealkylation sites (N-methyl/N-ethyl adjacent to an activating group) is 1. The maximum Gasteiger partial charge on any atom is 0.221 e. The maximum atomic E-state index is 13.9. The van der Waals surface area contributed by atoms with Crippen molar-refractivity contribution in [2.24, 2.45) is 7.05 Å². The molecular formula is C35H43N9O3. The Morgan fingerprint density at radius 2 is 1.81 bits per heavy atom. The molecule has 2 aromatic heterocycles. The van der Waals surface area contributed by atoms with Crippen LogP contribution in [0, 0.1) is 0 Å². The van der Waals surface area contributed by atoms with Crippen LogP contribution in [0.15, 0.2) is 60.9 Å². The van der Waals surface area contributed by atoms with Crippen molar-refractivity contribution in [3.05, 3.63) is 100 Å². The molecule has 12 heteroatoms. The van der Waals surface area contributed by atoms with Gasteiger partial charge in [-0.1, -0.05) is 24.3 Å². The molecule has 1 saturated heterocycles. The third-order valence-corrected chi connectivity index (χ3v) is 9.11. The summed E-state index contributed by atoms with van der Waals surface area (Å²) in [5.41, 5.74) is 18.3. The smallest absolute Gasteiger partial charge is 0.221 e. The summed E-state index contributed by atoms with van der Waals surface area (Å²) in [6.45, 7) is 5.81. The molecule has 0 bridgehead atoms. The van der Waals surface area contributed by atoms with Crippen LogP contribution < -0.4 is 20.9 Å². The van der Waals surface area contributed by atoms with Gasteiger partial charge in [0.1, 0.15) is 5.82 Å². The van der Waals surface area contributed by atoms with E-state index in [9.17, 15) is 4.79 Å². The number of rotatable bonds is 10. The number of benzene rings is 2. The Morgan fingerprint density at radius 3 is 2.55 bits per heavy atom. The van der Waals surface area contributed by atoms with Crippen LogP contribution in [0.5, 0.6) is 11.5 Å². The second-order valence-electron chi connectivity index (χ2n) is 12.2. The van der Waals surface area contributed by atoms with E-state index in [1.807, 2.05) is 24.0 Å². The number of nitrogens with zero attached hydrogens (tertiary/aromatic N) is 7. The van der Waals surface area contributed by atoms with Gasteiger partial charge >= 0.3 is 0 Å². The number of nitrogen functional groups attached to an aromatic ring is 2. The van der Waals surface area contributed by atoms with Crippen molar-refractivity contribution >= 4 is 17.5 Å². The lowest BCUT2D eigenvalue weighted by Gasteiger charge is -2.35. The van der Waals surface area contributed by atoms with Crippen molar-refractivity contribution in [1.29, 1.82) is 0 Å².